The molecular formula is C28H33Cl3N3V. The average Bonchev–Trinajstić information content (AvgIpc) is 2.66. The maximum Gasteiger partial charge on any atom is 3.00 e. The largest absolute Gasteiger partial charge is 3.00 e. The van der Waals surface area contributed by atoms with Crippen LogP contribution in [0.5, 0.6) is 0 Å². The first-order chi connectivity index (χ1) is 14.5. The molecule has 0 atom stereocenters. The molecule has 1 heterocycles. The number of aromatic nitrogens is 1. The van der Waals surface area contributed by atoms with Crippen LogP contribution in [0.25, 0.3) is 0 Å². The first kappa shape index (κ1) is 35.5. The number of aliphatic imine (C=N–C) groups is 2. The number of hydrogen-bond donors (Lipinski definition) is 0. The monoisotopic (exact) mass is 567 g/mol. The maximum absolute atomic E-state index is 4.95. The van der Waals surface area contributed by atoms with Crippen molar-refractivity contribution < 1.29 is 55.8 Å². The minimum absolute atomic E-state index is 0. The van der Waals surface area contributed by atoms with Crippen molar-refractivity contribution in [3.05, 3.63) is 86.7 Å². The first-order valence-electron chi connectivity index (χ1n) is 10.8. The molecule has 3 nitrogen and oxygen atoms in total. The van der Waals surface area contributed by atoms with Crippen molar-refractivity contribution in [3.8, 4) is 0 Å². The van der Waals surface area contributed by atoms with Crippen molar-refractivity contribution in [3.63, 3.8) is 0 Å². The van der Waals surface area contributed by atoms with E-state index in [1.54, 1.807) is 0 Å². The van der Waals surface area contributed by atoms with E-state index < -0.39 is 0 Å². The molecular weight excluding hydrogens is 536 g/mol. The normalized spacial score (nSPS) is 11.0. The van der Waals surface area contributed by atoms with Gasteiger partial charge in [0, 0.05) is 0 Å². The van der Waals surface area contributed by atoms with Crippen molar-refractivity contribution in [1.82, 2.24) is 4.98 Å². The predicted molar refractivity (Wildman–Crippen MR) is 134 cm³/mol. The van der Waals surface area contributed by atoms with Crippen LogP contribution in [0.15, 0.2) is 46.4 Å². The van der Waals surface area contributed by atoms with E-state index in [1.165, 1.54) is 33.4 Å². The summed E-state index contributed by atoms with van der Waals surface area (Å²) < 4.78 is 0. The van der Waals surface area contributed by atoms with Crippen LogP contribution in [0.2, 0.25) is 0 Å². The number of pyridine rings is 1. The van der Waals surface area contributed by atoms with Gasteiger partial charge in [0.1, 0.15) is 0 Å². The van der Waals surface area contributed by atoms with Crippen LogP contribution in [0.4, 0.5) is 11.4 Å². The van der Waals surface area contributed by atoms with Gasteiger partial charge < -0.3 is 37.2 Å². The van der Waals surface area contributed by atoms with E-state index in [-0.39, 0.29) is 55.8 Å². The number of halogens is 3. The summed E-state index contributed by atoms with van der Waals surface area (Å²) in [4.78, 5) is 14.8. The van der Waals surface area contributed by atoms with Crippen LogP contribution in [-0.4, -0.2) is 16.4 Å². The molecule has 35 heavy (non-hydrogen) atoms. The fraction of sp³-hybridized carbons (Fsp3) is 0.321. The number of rotatable bonds is 4. The first-order valence-corrected chi connectivity index (χ1v) is 10.8. The summed E-state index contributed by atoms with van der Waals surface area (Å²) in [5, 5.41) is 0. The molecule has 0 unspecified atom stereocenters. The Kier molecular flexibility index (Phi) is 15.1. The summed E-state index contributed by atoms with van der Waals surface area (Å²) in [5.41, 5.74) is 14.1. The summed E-state index contributed by atoms with van der Waals surface area (Å²) in [6, 6.07) is 12.9. The maximum atomic E-state index is 4.95. The second kappa shape index (κ2) is 14.8. The zero-order chi connectivity index (χ0) is 22.9. The molecule has 1 aromatic heterocycles. The molecule has 3 aromatic rings. The van der Waals surface area contributed by atoms with Gasteiger partial charge >= 0.3 is 18.6 Å². The number of hydrogen-bond acceptors (Lipinski definition) is 3. The van der Waals surface area contributed by atoms with Crippen molar-refractivity contribution in [2.45, 2.75) is 62.3 Å². The molecule has 186 valence electrons. The van der Waals surface area contributed by atoms with E-state index >= 15 is 0 Å². The van der Waals surface area contributed by atoms with Crippen LogP contribution >= 0.6 is 0 Å². The van der Waals surface area contributed by atoms with E-state index in [4.69, 9.17) is 15.0 Å². The molecule has 0 radical (unpaired) electrons. The third-order valence-corrected chi connectivity index (χ3v) is 5.54. The van der Waals surface area contributed by atoms with Crippen LogP contribution in [-0.2, 0) is 18.6 Å². The zero-order valence-corrected chi connectivity index (χ0v) is 25.6. The second-order valence-corrected chi connectivity index (χ2v) is 8.80. The average molecular weight is 569 g/mol. The van der Waals surface area contributed by atoms with Crippen molar-refractivity contribution in [1.29, 1.82) is 0 Å². The third kappa shape index (κ3) is 8.77. The molecule has 3 rings (SSSR count). The molecule has 0 aliphatic carbocycles. The Bertz CT molecular complexity index is 1100. The van der Waals surface area contributed by atoms with Gasteiger partial charge in [0.25, 0.3) is 0 Å². The van der Waals surface area contributed by atoms with E-state index in [0.717, 1.165) is 39.7 Å². The van der Waals surface area contributed by atoms with Gasteiger partial charge in [-0.05, 0) is 102 Å². The second-order valence-electron chi connectivity index (χ2n) is 8.80. The summed E-state index contributed by atoms with van der Waals surface area (Å²) >= 11 is 0. The Hall–Kier alpha value is -1.62. The van der Waals surface area contributed by atoms with Crippen LogP contribution in [0, 0.1) is 48.5 Å². The van der Waals surface area contributed by atoms with Gasteiger partial charge in [0.05, 0.1) is 34.2 Å². The summed E-state index contributed by atoms with van der Waals surface area (Å²) in [7, 11) is 0. The molecule has 0 aliphatic rings. The van der Waals surface area contributed by atoms with Crippen molar-refractivity contribution in [2.24, 2.45) is 9.98 Å². The summed E-state index contributed by atoms with van der Waals surface area (Å²) in [6.07, 6.45) is 0. The van der Waals surface area contributed by atoms with Gasteiger partial charge in [-0.25, -0.2) is 4.98 Å². The number of nitrogens with zero attached hydrogens (tertiary/aromatic N) is 3. The van der Waals surface area contributed by atoms with Gasteiger partial charge in [-0.2, -0.15) is 0 Å². The summed E-state index contributed by atoms with van der Waals surface area (Å²) in [5.74, 6) is 0. The van der Waals surface area contributed by atoms with Gasteiger partial charge in [-0.3, -0.25) is 9.98 Å². The van der Waals surface area contributed by atoms with Crippen LogP contribution < -0.4 is 37.2 Å². The molecule has 0 aliphatic heterocycles. The fourth-order valence-electron chi connectivity index (χ4n) is 4.19. The standard InChI is InChI=1S/C28H33N3.3ClH.V/c1-16-10-19(4)27(20(5)11-16)29-23(8)25-14-18(3)15-26(31-25)24(9)30-28-21(6)12-17(2)13-22(28)7;;;;/h10-15H,1-9H3;3*1H;/q;;;;+3/p-3. The molecule has 0 fully saturated rings. The van der Waals surface area contributed by atoms with Crippen molar-refractivity contribution >= 4 is 22.8 Å². The Balaban J connectivity index is 0. The van der Waals surface area contributed by atoms with E-state index in [0.29, 0.717) is 0 Å². The van der Waals surface area contributed by atoms with Crippen LogP contribution in [0.3, 0.4) is 0 Å². The molecule has 0 N–H and O–H groups in total. The minimum atomic E-state index is 0. The topological polar surface area (TPSA) is 37.6 Å². The van der Waals surface area contributed by atoms with Gasteiger partial charge in [0.15, 0.2) is 0 Å². The zero-order valence-electron chi connectivity index (χ0n) is 21.9. The molecule has 0 saturated carbocycles. The number of aryl methyl sites for hydroxylation is 7. The Morgan fingerprint density at radius 1 is 0.514 bits per heavy atom. The van der Waals surface area contributed by atoms with E-state index in [1.807, 2.05) is 13.8 Å². The van der Waals surface area contributed by atoms with E-state index in [9.17, 15) is 0 Å². The smallest absolute Gasteiger partial charge is 1.00 e. The quantitative estimate of drug-likeness (QED) is 0.355. The molecule has 2 aromatic carbocycles. The fourth-order valence-corrected chi connectivity index (χ4v) is 4.19. The Labute approximate surface area is 241 Å². The van der Waals surface area contributed by atoms with Gasteiger partial charge in [-0.1, -0.05) is 35.4 Å². The number of benzene rings is 2. The molecule has 0 spiro atoms. The SMILES string of the molecule is CC(=Nc1c(C)cc(C)cc1C)c1cc(C)cc(C(C)=Nc2c(C)cc(C)cc2C)n1.[Cl-].[Cl-].[Cl-].[V+3]. The van der Waals surface area contributed by atoms with Gasteiger partial charge in [-0.15, -0.1) is 0 Å². The summed E-state index contributed by atoms with van der Waals surface area (Å²) in [6.45, 7) is 18.9. The molecule has 0 saturated heterocycles. The molecule has 0 bridgehead atoms. The molecule has 7 heteroatoms. The van der Waals surface area contributed by atoms with E-state index in [2.05, 4.69) is 84.9 Å². The third-order valence-electron chi connectivity index (χ3n) is 5.54. The molecule has 0 amide bonds. The van der Waals surface area contributed by atoms with Gasteiger partial charge in [0.2, 0.25) is 0 Å². The minimum Gasteiger partial charge on any atom is -1.00 e. The predicted octanol–water partition coefficient (Wildman–Crippen LogP) is -1.47. The van der Waals surface area contributed by atoms with Crippen molar-refractivity contribution in [2.75, 3.05) is 0 Å². The Morgan fingerprint density at radius 3 is 1.06 bits per heavy atom. The Morgan fingerprint density at radius 2 is 0.771 bits per heavy atom. The van der Waals surface area contributed by atoms with Crippen LogP contribution in [0.1, 0.15) is 64.2 Å².